The van der Waals surface area contributed by atoms with Crippen molar-refractivity contribution in [3.63, 3.8) is 0 Å². The second kappa shape index (κ2) is 5.40. The first-order chi connectivity index (χ1) is 9.72. The van der Waals surface area contributed by atoms with Crippen molar-refractivity contribution in [3.8, 4) is 11.4 Å². The number of hydrogen-bond acceptors (Lipinski definition) is 4. The van der Waals surface area contributed by atoms with Crippen LogP contribution in [0, 0.1) is 5.92 Å². The van der Waals surface area contributed by atoms with Crippen LogP contribution in [0.4, 0.5) is 0 Å². The first-order valence-corrected chi connectivity index (χ1v) is 6.79. The number of nitrogens with zero attached hydrogens (tertiary/aromatic N) is 5. The number of benzene rings is 1. The van der Waals surface area contributed by atoms with E-state index in [-0.39, 0.29) is 12.5 Å². The van der Waals surface area contributed by atoms with E-state index in [2.05, 4.69) is 15.4 Å². The summed E-state index contributed by atoms with van der Waals surface area (Å²) in [4.78, 5) is 15.1. The third-order valence-electron chi connectivity index (χ3n) is 3.42. The van der Waals surface area contributed by atoms with E-state index in [1.807, 2.05) is 37.4 Å². The summed E-state index contributed by atoms with van der Waals surface area (Å²) in [5, 5.41) is 12.2. The molecule has 0 bridgehead atoms. The second-order valence-corrected chi connectivity index (χ2v) is 5.23. The van der Waals surface area contributed by atoms with Gasteiger partial charge in [0.1, 0.15) is 6.54 Å². The van der Waals surface area contributed by atoms with Crippen molar-refractivity contribution in [1.82, 2.24) is 25.1 Å². The van der Waals surface area contributed by atoms with Crippen molar-refractivity contribution >= 4 is 5.91 Å². The first-order valence-electron chi connectivity index (χ1n) is 6.79. The lowest BCUT2D eigenvalue weighted by Gasteiger charge is -2.15. The largest absolute Gasteiger partial charge is 0.344 e. The van der Waals surface area contributed by atoms with E-state index in [9.17, 15) is 4.79 Å². The summed E-state index contributed by atoms with van der Waals surface area (Å²) in [5.41, 5.74) is 0.900. The molecule has 1 aromatic carbocycles. The lowest BCUT2D eigenvalue weighted by Crippen LogP contribution is -2.32. The Morgan fingerprint density at radius 2 is 2.10 bits per heavy atom. The Labute approximate surface area is 117 Å². The average molecular weight is 271 g/mol. The van der Waals surface area contributed by atoms with E-state index in [1.165, 1.54) is 17.6 Å². The highest BCUT2D eigenvalue weighted by atomic mass is 16.2. The first kappa shape index (κ1) is 12.8. The summed E-state index contributed by atoms with van der Waals surface area (Å²) in [6.45, 7) is 0.974. The summed E-state index contributed by atoms with van der Waals surface area (Å²) in [7, 11) is 1.83. The Balaban J connectivity index is 1.63. The second-order valence-electron chi connectivity index (χ2n) is 5.23. The van der Waals surface area contributed by atoms with E-state index in [1.54, 1.807) is 4.90 Å². The minimum atomic E-state index is 0.0221. The molecule has 1 saturated carbocycles. The molecule has 0 aliphatic heterocycles. The van der Waals surface area contributed by atoms with Crippen molar-refractivity contribution in [2.75, 3.05) is 13.6 Å². The van der Waals surface area contributed by atoms with Crippen molar-refractivity contribution < 1.29 is 4.79 Å². The van der Waals surface area contributed by atoms with Gasteiger partial charge in [0, 0.05) is 19.2 Å². The van der Waals surface area contributed by atoms with Crippen LogP contribution in [0.15, 0.2) is 30.3 Å². The minimum Gasteiger partial charge on any atom is -0.344 e. The molecule has 1 heterocycles. The molecular weight excluding hydrogens is 254 g/mol. The van der Waals surface area contributed by atoms with Crippen LogP contribution in [0.25, 0.3) is 11.4 Å². The van der Waals surface area contributed by atoms with E-state index < -0.39 is 0 Å². The van der Waals surface area contributed by atoms with E-state index in [0.717, 1.165) is 12.1 Å². The van der Waals surface area contributed by atoms with Crippen molar-refractivity contribution in [1.29, 1.82) is 0 Å². The van der Waals surface area contributed by atoms with Gasteiger partial charge in [0.2, 0.25) is 11.7 Å². The predicted molar refractivity (Wildman–Crippen MR) is 73.6 cm³/mol. The Kier molecular flexibility index (Phi) is 3.45. The fourth-order valence-corrected chi connectivity index (χ4v) is 2.04. The normalized spacial score (nSPS) is 14.2. The molecule has 1 aliphatic rings. The fraction of sp³-hybridized carbons (Fsp3) is 0.429. The monoisotopic (exact) mass is 271 g/mol. The number of tetrazole rings is 1. The standard InChI is InChI=1S/C14H17N5O/c1-18(9-11-7-8-11)13(20)10-19-16-14(15-17-19)12-5-3-2-4-6-12/h2-6,11H,7-10H2,1H3. The molecule has 6 heteroatoms. The maximum Gasteiger partial charge on any atom is 0.245 e. The summed E-state index contributed by atoms with van der Waals surface area (Å²) in [6, 6.07) is 9.62. The summed E-state index contributed by atoms with van der Waals surface area (Å²) < 4.78 is 0. The van der Waals surface area contributed by atoms with Gasteiger partial charge in [-0.05, 0) is 24.0 Å². The van der Waals surface area contributed by atoms with Crippen molar-refractivity contribution in [2.45, 2.75) is 19.4 Å². The molecule has 2 aromatic rings. The van der Waals surface area contributed by atoms with Crippen molar-refractivity contribution in [2.24, 2.45) is 5.92 Å². The van der Waals surface area contributed by atoms with Crippen LogP contribution >= 0.6 is 0 Å². The van der Waals surface area contributed by atoms with Gasteiger partial charge >= 0.3 is 0 Å². The molecule has 0 N–H and O–H groups in total. The van der Waals surface area contributed by atoms with Gasteiger partial charge in [0.25, 0.3) is 0 Å². The molecule has 0 saturated heterocycles. The van der Waals surface area contributed by atoms with Gasteiger partial charge in [-0.15, -0.1) is 10.2 Å². The van der Waals surface area contributed by atoms with Crippen LogP contribution in [0.2, 0.25) is 0 Å². The van der Waals surface area contributed by atoms with Crippen LogP contribution in [0.1, 0.15) is 12.8 Å². The molecule has 0 spiro atoms. The van der Waals surface area contributed by atoms with Crippen molar-refractivity contribution in [3.05, 3.63) is 30.3 Å². The summed E-state index contributed by atoms with van der Waals surface area (Å²) in [5.74, 6) is 1.25. The molecule has 0 atom stereocenters. The lowest BCUT2D eigenvalue weighted by atomic mass is 10.2. The van der Waals surface area contributed by atoms with E-state index >= 15 is 0 Å². The molecule has 1 fully saturated rings. The van der Waals surface area contributed by atoms with Gasteiger partial charge in [-0.2, -0.15) is 4.80 Å². The zero-order valence-electron chi connectivity index (χ0n) is 11.4. The molecule has 1 aromatic heterocycles. The maximum absolute atomic E-state index is 12.0. The highest BCUT2D eigenvalue weighted by Crippen LogP contribution is 2.29. The third-order valence-corrected chi connectivity index (χ3v) is 3.42. The predicted octanol–water partition coefficient (Wildman–Crippen LogP) is 1.21. The van der Waals surface area contributed by atoms with Crippen LogP contribution in [0.3, 0.4) is 0 Å². The smallest absolute Gasteiger partial charge is 0.245 e. The topological polar surface area (TPSA) is 63.9 Å². The number of hydrogen-bond donors (Lipinski definition) is 0. The quantitative estimate of drug-likeness (QED) is 0.820. The number of amides is 1. The lowest BCUT2D eigenvalue weighted by molar-refractivity contribution is -0.131. The SMILES string of the molecule is CN(CC1CC1)C(=O)Cn1nnc(-c2ccccc2)n1. The van der Waals surface area contributed by atoms with Crippen LogP contribution < -0.4 is 0 Å². The van der Waals surface area contributed by atoms with E-state index in [0.29, 0.717) is 11.7 Å². The summed E-state index contributed by atoms with van der Waals surface area (Å²) >= 11 is 0. The molecular formula is C14H17N5O. The highest BCUT2D eigenvalue weighted by Gasteiger charge is 2.25. The van der Waals surface area contributed by atoms with Gasteiger partial charge in [-0.1, -0.05) is 30.3 Å². The Morgan fingerprint density at radius 1 is 1.35 bits per heavy atom. The number of carbonyl (C=O) groups is 1. The van der Waals surface area contributed by atoms with E-state index in [4.69, 9.17) is 0 Å². The molecule has 6 nitrogen and oxygen atoms in total. The van der Waals surface area contributed by atoms with Crippen LogP contribution in [0.5, 0.6) is 0 Å². The van der Waals surface area contributed by atoms with Gasteiger partial charge in [-0.25, -0.2) is 0 Å². The molecule has 3 rings (SSSR count). The maximum atomic E-state index is 12.0. The molecule has 1 aliphatic carbocycles. The summed E-state index contributed by atoms with van der Waals surface area (Å²) in [6.07, 6.45) is 2.47. The van der Waals surface area contributed by atoms with Gasteiger partial charge in [-0.3, -0.25) is 4.79 Å². The zero-order chi connectivity index (χ0) is 13.9. The van der Waals surface area contributed by atoms with Gasteiger partial charge in [0.05, 0.1) is 0 Å². The molecule has 20 heavy (non-hydrogen) atoms. The Hall–Kier alpha value is -2.24. The van der Waals surface area contributed by atoms with Gasteiger partial charge < -0.3 is 4.90 Å². The van der Waals surface area contributed by atoms with Crippen LogP contribution in [-0.2, 0) is 11.3 Å². The zero-order valence-corrected chi connectivity index (χ0v) is 11.4. The fourth-order valence-electron chi connectivity index (χ4n) is 2.04. The number of carbonyl (C=O) groups excluding carboxylic acids is 1. The third kappa shape index (κ3) is 3.01. The number of rotatable bonds is 5. The molecule has 1 amide bonds. The average Bonchev–Trinajstić information content (AvgIpc) is 3.16. The minimum absolute atomic E-state index is 0.0221. The number of aromatic nitrogens is 4. The Bertz CT molecular complexity index is 591. The molecule has 104 valence electrons. The highest BCUT2D eigenvalue weighted by molar-refractivity contribution is 5.75. The molecule has 0 radical (unpaired) electrons. The Morgan fingerprint density at radius 3 is 2.80 bits per heavy atom. The van der Waals surface area contributed by atoms with Gasteiger partial charge in [0.15, 0.2) is 0 Å². The van der Waals surface area contributed by atoms with Crippen LogP contribution in [-0.4, -0.2) is 44.6 Å². The number of likely N-dealkylation sites (N-methyl/N-ethyl adjacent to an activating group) is 1. The molecule has 0 unspecified atom stereocenters.